The number of ether oxygens (including phenoxy) is 1. The van der Waals surface area contributed by atoms with Gasteiger partial charge in [0.25, 0.3) is 0 Å². The zero-order valence-electron chi connectivity index (χ0n) is 12.4. The van der Waals surface area contributed by atoms with Crippen LogP contribution >= 0.6 is 11.8 Å². The first-order valence-corrected chi connectivity index (χ1v) is 7.88. The lowest BCUT2D eigenvalue weighted by atomic mass is 10.2. The summed E-state index contributed by atoms with van der Waals surface area (Å²) in [7, 11) is 1.60. The average molecular weight is 321 g/mol. The van der Waals surface area contributed by atoms with Crippen LogP contribution in [-0.2, 0) is 20.9 Å². The van der Waals surface area contributed by atoms with E-state index in [1.165, 1.54) is 11.8 Å². The molecule has 0 bridgehead atoms. The number of amides is 2. The van der Waals surface area contributed by atoms with E-state index in [4.69, 9.17) is 4.74 Å². The number of methoxy groups -OCH3 is 1. The summed E-state index contributed by atoms with van der Waals surface area (Å²) in [6.07, 6.45) is 0.145. The molecule has 118 valence electrons. The molecule has 0 saturated carbocycles. The fourth-order valence-corrected chi connectivity index (χ4v) is 2.89. The first kappa shape index (κ1) is 16.5. The number of aliphatic imine (C=N–C) groups is 1. The average Bonchev–Trinajstić information content (AvgIpc) is 2.86. The predicted molar refractivity (Wildman–Crippen MR) is 86.6 cm³/mol. The number of hydrogen-bond acceptors (Lipinski definition) is 5. The maximum atomic E-state index is 11.9. The van der Waals surface area contributed by atoms with Crippen molar-refractivity contribution in [3.05, 3.63) is 35.9 Å². The van der Waals surface area contributed by atoms with E-state index in [1.54, 1.807) is 7.11 Å². The molecule has 1 saturated heterocycles. The maximum Gasteiger partial charge on any atom is 0.240 e. The summed E-state index contributed by atoms with van der Waals surface area (Å²) in [5, 5.41) is 5.64. The van der Waals surface area contributed by atoms with E-state index in [2.05, 4.69) is 15.6 Å². The molecule has 0 unspecified atom stereocenters. The van der Waals surface area contributed by atoms with Crippen LogP contribution in [0.2, 0.25) is 0 Å². The monoisotopic (exact) mass is 321 g/mol. The summed E-state index contributed by atoms with van der Waals surface area (Å²) >= 11 is 1.29. The Hall–Kier alpha value is -1.86. The number of thioether (sulfide) groups is 1. The molecule has 1 fully saturated rings. The van der Waals surface area contributed by atoms with Gasteiger partial charge in [0.05, 0.1) is 13.2 Å². The summed E-state index contributed by atoms with van der Waals surface area (Å²) in [6.45, 7) is 1.46. The van der Waals surface area contributed by atoms with Crippen LogP contribution in [-0.4, -0.2) is 42.5 Å². The minimum atomic E-state index is -0.419. The number of carbonyl (C=O) groups is 2. The topological polar surface area (TPSA) is 79.8 Å². The third-order valence-corrected chi connectivity index (χ3v) is 4.15. The molecule has 2 amide bonds. The molecule has 22 heavy (non-hydrogen) atoms. The van der Waals surface area contributed by atoms with Gasteiger partial charge in [0.15, 0.2) is 5.17 Å². The van der Waals surface area contributed by atoms with E-state index in [0.717, 1.165) is 5.56 Å². The van der Waals surface area contributed by atoms with Crippen LogP contribution in [0, 0.1) is 0 Å². The first-order chi connectivity index (χ1) is 10.7. The van der Waals surface area contributed by atoms with E-state index in [-0.39, 0.29) is 18.2 Å². The fraction of sp³-hybridized carbons (Fsp3) is 0.400. The van der Waals surface area contributed by atoms with Gasteiger partial charge in [0.1, 0.15) is 5.25 Å². The molecule has 0 spiro atoms. The molecule has 2 rings (SSSR count). The normalized spacial score (nSPS) is 19.2. The van der Waals surface area contributed by atoms with Crippen molar-refractivity contribution in [2.75, 3.05) is 20.3 Å². The minimum Gasteiger partial charge on any atom is -0.383 e. The van der Waals surface area contributed by atoms with Gasteiger partial charge in [0.2, 0.25) is 11.8 Å². The second-order valence-electron chi connectivity index (χ2n) is 4.74. The maximum absolute atomic E-state index is 11.9. The van der Waals surface area contributed by atoms with Gasteiger partial charge in [-0.2, -0.15) is 0 Å². The van der Waals surface area contributed by atoms with Crippen molar-refractivity contribution in [3.63, 3.8) is 0 Å². The van der Waals surface area contributed by atoms with Crippen LogP contribution in [0.1, 0.15) is 12.0 Å². The van der Waals surface area contributed by atoms with Gasteiger partial charge in [-0.1, -0.05) is 42.1 Å². The Morgan fingerprint density at radius 2 is 2.18 bits per heavy atom. The van der Waals surface area contributed by atoms with Crippen molar-refractivity contribution in [3.8, 4) is 0 Å². The molecule has 1 aliphatic heterocycles. The number of nitrogens with zero attached hydrogens (tertiary/aromatic N) is 1. The van der Waals surface area contributed by atoms with Crippen LogP contribution < -0.4 is 10.6 Å². The molecular weight excluding hydrogens is 302 g/mol. The summed E-state index contributed by atoms with van der Waals surface area (Å²) in [6, 6.07) is 9.65. The molecule has 1 aromatic carbocycles. The van der Waals surface area contributed by atoms with E-state index in [0.29, 0.717) is 24.9 Å². The van der Waals surface area contributed by atoms with Crippen LogP contribution in [0.4, 0.5) is 0 Å². The van der Waals surface area contributed by atoms with Gasteiger partial charge in [-0.25, -0.2) is 0 Å². The Morgan fingerprint density at radius 3 is 2.91 bits per heavy atom. The highest BCUT2D eigenvalue weighted by Crippen LogP contribution is 2.22. The van der Waals surface area contributed by atoms with Crippen molar-refractivity contribution in [2.24, 2.45) is 4.99 Å². The second-order valence-corrected chi connectivity index (χ2v) is 5.93. The molecule has 2 N–H and O–H groups in total. The SMILES string of the molecule is COCCN=C1NC(=O)[C@H](CC(=O)NCc2ccccc2)S1. The van der Waals surface area contributed by atoms with Gasteiger partial charge < -0.3 is 15.4 Å². The molecule has 1 atom stereocenters. The van der Waals surface area contributed by atoms with Gasteiger partial charge in [0, 0.05) is 20.1 Å². The second kappa shape index (κ2) is 8.55. The number of carbonyl (C=O) groups excluding carboxylic acids is 2. The van der Waals surface area contributed by atoms with Gasteiger partial charge in [-0.15, -0.1) is 0 Å². The quantitative estimate of drug-likeness (QED) is 0.732. The van der Waals surface area contributed by atoms with Crippen LogP contribution in [0.5, 0.6) is 0 Å². The van der Waals surface area contributed by atoms with Crippen LogP contribution in [0.3, 0.4) is 0 Å². The highest BCUT2D eigenvalue weighted by atomic mass is 32.2. The van der Waals surface area contributed by atoms with Crippen molar-refractivity contribution in [1.82, 2.24) is 10.6 Å². The lowest BCUT2D eigenvalue weighted by Gasteiger charge is -2.07. The first-order valence-electron chi connectivity index (χ1n) is 7.00. The summed E-state index contributed by atoms with van der Waals surface area (Å²) in [5.74, 6) is -0.314. The van der Waals surface area contributed by atoms with Gasteiger partial charge >= 0.3 is 0 Å². The van der Waals surface area contributed by atoms with Crippen molar-refractivity contribution in [1.29, 1.82) is 0 Å². The molecule has 1 aliphatic rings. The molecular formula is C15H19N3O3S. The Bertz CT molecular complexity index is 548. The minimum absolute atomic E-state index is 0.144. The Labute approximate surface area is 133 Å². The smallest absolute Gasteiger partial charge is 0.240 e. The van der Waals surface area contributed by atoms with Gasteiger partial charge in [-0.3, -0.25) is 14.6 Å². The standard InChI is InChI=1S/C15H19N3O3S/c1-21-8-7-16-15-18-14(20)12(22-15)9-13(19)17-10-11-5-3-2-4-6-11/h2-6,12H,7-10H2,1H3,(H,17,19)(H,16,18,20)/t12-/m0/s1. The van der Waals surface area contributed by atoms with E-state index in [9.17, 15) is 9.59 Å². The molecule has 6 nitrogen and oxygen atoms in total. The zero-order valence-corrected chi connectivity index (χ0v) is 13.2. The fourth-order valence-electron chi connectivity index (χ4n) is 1.89. The zero-order chi connectivity index (χ0) is 15.8. The van der Waals surface area contributed by atoms with Crippen molar-refractivity contribution >= 4 is 28.7 Å². The molecule has 7 heteroatoms. The highest BCUT2D eigenvalue weighted by Gasteiger charge is 2.31. The van der Waals surface area contributed by atoms with Gasteiger partial charge in [-0.05, 0) is 5.56 Å². The molecule has 0 aliphatic carbocycles. The molecule has 1 heterocycles. The largest absolute Gasteiger partial charge is 0.383 e. The number of benzene rings is 1. The van der Waals surface area contributed by atoms with Crippen LogP contribution in [0.25, 0.3) is 0 Å². The van der Waals surface area contributed by atoms with Crippen LogP contribution in [0.15, 0.2) is 35.3 Å². The predicted octanol–water partition coefficient (Wildman–Crippen LogP) is 0.927. The Morgan fingerprint density at radius 1 is 1.41 bits per heavy atom. The number of amidine groups is 1. The van der Waals surface area contributed by atoms with Crippen molar-refractivity contribution in [2.45, 2.75) is 18.2 Å². The number of rotatable bonds is 7. The third kappa shape index (κ3) is 5.16. The molecule has 1 aromatic rings. The van der Waals surface area contributed by atoms with E-state index in [1.807, 2.05) is 30.3 Å². The number of hydrogen-bond donors (Lipinski definition) is 2. The summed E-state index contributed by atoms with van der Waals surface area (Å²) in [5.41, 5.74) is 1.03. The van der Waals surface area contributed by atoms with E-state index >= 15 is 0 Å². The summed E-state index contributed by atoms with van der Waals surface area (Å²) in [4.78, 5) is 27.9. The Kier molecular flexibility index (Phi) is 6.42. The van der Waals surface area contributed by atoms with E-state index < -0.39 is 5.25 Å². The third-order valence-electron chi connectivity index (χ3n) is 3.03. The Balaban J connectivity index is 1.77. The highest BCUT2D eigenvalue weighted by molar-refractivity contribution is 8.15. The summed E-state index contributed by atoms with van der Waals surface area (Å²) < 4.78 is 4.90. The molecule has 0 aromatic heterocycles. The van der Waals surface area contributed by atoms with Crippen molar-refractivity contribution < 1.29 is 14.3 Å². The molecule has 0 radical (unpaired) electrons. The lowest BCUT2D eigenvalue weighted by Crippen LogP contribution is -2.31. The number of nitrogens with one attached hydrogen (secondary N) is 2. The lowest BCUT2D eigenvalue weighted by molar-refractivity contribution is -0.125.